The van der Waals surface area contributed by atoms with Crippen LogP contribution in [0.4, 0.5) is 11.5 Å². The van der Waals surface area contributed by atoms with Crippen LogP contribution in [-0.4, -0.2) is 58.3 Å². The van der Waals surface area contributed by atoms with Crippen molar-refractivity contribution in [1.82, 2.24) is 39.8 Å². The Balaban J connectivity index is 1.49. The topological polar surface area (TPSA) is 115 Å². The first-order valence-corrected chi connectivity index (χ1v) is 11.6. The number of benzene rings is 1. The van der Waals surface area contributed by atoms with Crippen molar-refractivity contribution in [2.24, 2.45) is 7.05 Å². The molecule has 0 radical (unpaired) electrons. The van der Waals surface area contributed by atoms with Crippen LogP contribution < -0.4 is 5.32 Å². The maximum Gasteiger partial charge on any atom is 0.219 e. The maximum absolute atomic E-state index is 12.2. The maximum atomic E-state index is 12.2. The van der Waals surface area contributed by atoms with Gasteiger partial charge < -0.3 is 10.2 Å². The first-order valence-electron chi connectivity index (χ1n) is 11.6. The average molecular weight is 470 g/mol. The summed E-state index contributed by atoms with van der Waals surface area (Å²) >= 11 is 0. The van der Waals surface area contributed by atoms with E-state index in [0.29, 0.717) is 29.6 Å². The largest absolute Gasteiger partial charge is 0.340 e. The fourth-order valence-electron chi connectivity index (χ4n) is 4.42. The molecule has 3 aromatic heterocycles. The molecular weight excluding hydrogens is 442 g/mol. The number of anilines is 2. The number of hydrogen-bond acceptors (Lipinski definition) is 8. The van der Waals surface area contributed by atoms with Crippen molar-refractivity contribution in [3.8, 4) is 22.6 Å². The lowest BCUT2D eigenvalue weighted by Crippen LogP contribution is -2.44. The van der Waals surface area contributed by atoms with Crippen LogP contribution >= 0.6 is 0 Å². The van der Waals surface area contributed by atoms with Crippen LogP contribution in [0.5, 0.6) is 0 Å². The Hall–Kier alpha value is -4.21. The molecule has 1 N–H and O–H groups in total. The molecule has 4 aromatic rings. The number of aromatic nitrogens is 7. The van der Waals surface area contributed by atoms with Crippen molar-refractivity contribution in [1.29, 1.82) is 0 Å². The summed E-state index contributed by atoms with van der Waals surface area (Å²) in [6.45, 7) is 4.31. The number of carbonyl (C=O) groups excluding carboxylic acids is 1. The zero-order chi connectivity index (χ0) is 24.4. The van der Waals surface area contributed by atoms with Gasteiger partial charge in [0, 0.05) is 62.2 Å². The Morgan fingerprint density at radius 3 is 2.71 bits per heavy atom. The molecule has 0 spiro atoms. The van der Waals surface area contributed by atoms with Gasteiger partial charge in [-0.2, -0.15) is 0 Å². The van der Waals surface area contributed by atoms with Gasteiger partial charge in [-0.15, -0.1) is 5.10 Å². The van der Waals surface area contributed by atoms with E-state index in [4.69, 9.17) is 9.97 Å². The number of piperidine rings is 1. The van der Waals surface area contributed by atoms with Crippen molar-refractivity contribution in [3.63, 3.8) is 0 Å². The third kappa shape index (κ3) is 5.01. The Kier molecular flexibility index (Phi) is 6.17. The van der Waals surface area contributed by atoms with Crippen LogP contribution in [0.25, 0.3) is 22.6 Å². The van der Waals surface area contributed by atoms with Gasteiger partial charge in [0.25, 0.3) is 0 Å². The predicted molar refractivity (Wildman–Crippen MR) is 132 cm³/mol. The molecule has 4 heterocycles. The highest BCUT2D eigenvalue weighted by Crippen LogP contribution is 2.31. The molecule has 0 saturated carbocycles. The number of aryl methyl sites for hydroxylation is 1. The predicted octanol–water partition coefficient (Wildman–Crippen LogP) is 3.59. The van der Waals surface area contributed by atoms with Gasteiger partial charge in [-0.3, -0.25) is 19.4 Å². The molecule has 1 amide bonds. The third-order valence-corrected chi connectivity index (χ3v) is 6.25. The van der Waals surface area contributed by atoms with E-state index >= 15 is 0 Å². The second kappa shape index (κ2) is 9.57. The van der Waals surface area contributed by atoms with E-state index in [0.717, 1.165) is 29.8 Å². The number of likely N-dealkylation sites (tertiary alicyclic amines) is 1. The number of hydrogen-bond donors (Lipinski definition) is 1. The highest BCUT2D eigenvalue weighted by molar-refractivity contribution is 5.74. The third-order valence-electron chi connectivity index (χ3n) is 6.25. The van der Waals surface area contributed by atoms with Crippen molar-refractivity contribution in [2.45, 2.75) is 38.6 Å². The molecule has 2 atom stereocenters. The minimum atomic E-state index is 0.0400. The summed E-state index contributed by atoms with van der Waals surface area (Å²) in [5, 5.41) is 11.6. The van der Waals surface area contributed by atoms with Crippen LogP contribution in [0.2, 0.25) is 0 Å². The second-order valence-corrected chi connectivity index (χ2v) is 8.87. The number of rotatable bonds is 5. The number of nitrogens with zero attached hydrogens (tertiary/aromatic N) is 8. The lowest BCUT2D eigenvalue weighted by Gasteiger charge is -2.37. The van der Waals surface area contributed by atoms with Crippen molar-refractivity contribution >= 4 is 17.4 Å². The van der Waals surface area contributed by atoms with E-state index in [-0.39, 0.29) is 17.9 Å². The van der Waals surface area contributed by atoms with E-state index in [1.54, 1.807) is 30.2 Å². The Morgan fingerprint density at radius 1 is 1.09 bits per heavy atom. The number of carbonyl (C=O) groups is 1. The van der Waals surface area contributed by atoms with E-state index in [1.807, 2.05) is 48.5 Å². The van der Waals surface area contributed by atoms with Gasteiger partial charge in [-0.05, 0) is 31.9 Å². The zero-order valence-corrected chi connectivity index (χ0v) is 20.0. The molecule has 1 fully saturated rings. The minimum Gasteiger partial charge on any atom is -0.340 e. The summed E-state index contributed by atoms with van der Waals surface area (Å²) in [6.07, 6.45) is 8.67. The van der Waals surface area contributed by atoms with Crippen LogP contribution in [0, 0.1) is 0 Å². The van der Waals surface area contributed by atoms with Gasteiger partial charge in [-0.25, -0.2) is 9.97 Å². The second-order valence-electron chi connectivity index (χ2n) is 8.87. The fraction of sp³-hybridized carbons (Fsp3) is 0.320. The molecule has 0 bridgehead atoms. The molecule has 10 nitrogen and oxygen atoms in total. The molecule has 0 aliphatic carbocycles. The molecule has 1 saturated heterocycles. The van der Waals surface area contributed by atoms with Gasteiger partial charge in [-0.1, -0.05) is 17.3 Å². The monoisotopic (exact) mass is 469 g/mol. The first kappa shape index (κ1) is 22.6. The van der Waals surface area contributed by atoms with Gasteiger partial charge in [0.1, 0.15) is 23.0 Å². The molecule has 5 rings (SSSR count). The van der Waals surface area contributed by atoms with Crippen LogP contribution in [0.15, 0.2) is 55.1 Å². The van der Waals surface area contributed by atoms with E-state index in [9.17, 15) is 4.79 Å². The fourth-order valence-corrected chi connectivity index (χ4v) is 4.42. The van der Waals surface area contributed by atoms with Gasteiger partial charge in [0.05, 0.1) is 18.1 Å². The summed E-state index contributed by atoms with van der Waals surface area (Å²) in [4.78, 5) is 32.4. The SMILES string of the molecule is CC(=O)N1C[C@H](c2nc(Nc3cccc(-c4cn(C)nn4)c3)cc(-c3cnccn3)n2)CC[C@@H]1C. The van der Waals surface area contributed by atoms with Crippen LogP contribution in [0.3, 0.4) is 0 Å². The first-order chi connectivity index (χ1) is 17.0. The molecule has 0 unspecified atom stereocenters. The zero-order valence-electron chi connectivity index (χ0n) is 20.0. The molecule has 1 aliphatic rings. The standard InChI is InChI=1S/C25H27N9O/c1-16-7-8-19(14-34(16)17(2)35)25-29-21(22-13-26-9-10-27-22)12-24(30-25)28-20-6-4-5-18(11-20)23-15-33(3)32-31-23/h4-6,9-13,15-16,19H,7-8,14H2,1-3H3,(H,28,29,30)/t16-,19+/m0/s1. The molecule has 10 heteroatoms. The summed E-state index contributed by atoms with van der Waals surface area (Å²) < 4.78 is 1.68. The molecule has 1 aromatic carbocycles. The molecular formula is C25H27N9O. The summed E-state index contributed by atoms with van der Waals surface area (Å²) in [7, 11) is 1.84. The van der Waals surface area contributed by atoms with Crippen molar-refractivity contribution in [3.05, 3.63) is 60.9 Å². The summed E-state index contributed by atoms with van der Waals surface area (Å²) in [5.41, 5.74) is 3.96. The van der Waals surface area contributed by atoms with Gasteiger partial charge in [0.15, 0.2) is 0 Å². The Bertz CT molecular complexity index is 1340. The highest BCUT2D eigenvalue weighted by atomic mass is 16.2. The Labute approximate surface area is 203 Å². The highest BCUT2D eigenvalue weighted by Gasteiger charge is 2.30. The number of nitrogens with one attached hydrogen (secondary N) is 1. The summed E-state index contributed by atoms with van der Waals surface area (Å²) in [6, 6.07) is 10.0. The van der Waals surface area contributed by atoms with Crippen LogP contribution in [-0.2, 0) is 11.8 Å². The van der Waals surface area contributed by atoms with E-state index < -0.39 is 0 Å². The minimum absolute atomic E-state index is 0.0400. The van der Waals surface area contributed by atoms with E-state index in [1.165, 1.54) is 0 Å². The smallest absolute Gasteiger partial charge is 0.219 e. The quantitative estimate of drug-likeness (QED) is 0.472. The normalized spacial score (nSPS) is 17.9. The number of amides is 1. The molecule has 35 heavy (non-hydrogen) atoms. The van der Waals surface area contributed by atoms with Crippen LogP contribution in [0.1, 0.15) is 38.4 Å². The average Bonchev–Trinajstić information content (AvgIpc) is 3.31. The molecule has 1 aliphatic heterocycles. The summed E-state index contributed by atoms with van der Waals surface area (Å²) in [5.74, 6) is 1.46. The molecule has 178 valence electrons. The van der Waals surface area contributed by atoms with Gasteiger partial charge >= 0.3 is 0 Å². The van der Waals surface area contributed by atoms with Gasteiger partial charge in [0.2, 0.25) is 5.91 Å². The lowest BCUT2D eigenvalue weighted by atomic mass is 9.92. The van der Waals surface area contributed by atoms with E-state index in [2.05, 4.69) is 32.5 Å². The Morgan fingerprint density at radius 2 is 1.97 bits per heavy atom. The van der Waals surface area contributed by atoms with Crippen molar-refractivity contribution in [2.75, 3.05) is 11.9 Å². The lowest BCUT2D eigenvalue weighted by molar-refractivity contribution is -0.132. The van der Waals surface area contributed by atoms with Crippen molar-refractivity contribution < 1.29 is 4.79 Å².